The molecule has 0 radical (unpaired) electrons. The lowest BCUT2D eigenvalue weighted by atomic mass is 10.1. The minimum atomic E-state index is -1.16. The van der Waals surface area contributed by atoms with Crippen LogP contribution in [0.25, 0.3) is 5.69 Å². The number of hydrogen-bond acceptors (Lipinski definition) is 3. The lowest BCUT2D eigenvalue weighted by Gasteiger charge is -2.13. The molecular weight excluding hydrogens is 276 g/mol. The maximum atomic E-state index is 13.3. The Labute approximate surface area is 119 Å². The van der Waals surface area contributed by atoms with Gasteiger partial charge in [0.25, 0.3) is 0 Å². The lowest BCUT2D eigenvalue weighted by Crippen LogP contribution is -2.09. The van der Waals surface area contributed by atoms with Crippen LogP contribution in [0.1, 0.15) is 17.4 Å². The van der Waals surface area contributed by atoms with E-state index in [9.17, 15) is 13.9 Å². The molecule has 1 aromatic heterocycles. The van der Waals surface area contributed by atoms with Crippen molar-refractivity contribution in [2.24, 2.45) is 0 Å². The summed E-state index contributed by atoms with van der Waals surface area (Å²) in [5.74, 6) is -1.97. The molecule has 6 heteroatoms. The minimum Gasteiger partial charge on any atom is -0.382 e. The van der Waals surface area contributed by atoms with Gasteiger partial charge in [-0.3, -0.25) is 0 Å². The number of aliphatic hydroxyl groups is 1. The number of halogens is 2. The van der Waals surface area contributed by atoms with Crippen LogP contribution < -0.4 is 0 Å². The summed E-state index contributed by atoms with van der Waals surface area (Å²) in [6.45, 7) is 0. The largest absolute Gasteiger partial charge is 0.382 e. The van der Waals surface area contributed by atoms with Crippen LogP contribution in [-0.2, 0) is 0 Å². The number of hydrogen-bond donors (Lipinski definition) is 1. The topological polar surface area (TPSA) is 50.9 Å². The van der Waals surface area contributed by atoms with Gasteiger partial charge in [-0.2, -0.15) is 0 Å². The molecular formula is C15H11F2N3O. The van der Waals surface area contributed by atoms with E-state index in [0.717, 1.165) is 12.1 Å². The summed E-state index contributed by atoms with van der Waals surface area (Å²) in [4.78, 5) is 0. The summed E-state index contributed by atoms with van der Waals surface area (Å²) in [5.41, 5.74) is 1.31. The minimum absolute atomic E-state index is 0.230. The van der Waals surface area contributed by atoms with Crippen LogP contribution in [0.2, 0.25) is 0 Å². The number of benzene rings is 2. The number of aliphatic hydroxyl groups excluding tert-OH is 1. The predicted molar refractivity (Wildman–Crippen MR) is 71.8 cm³/mol. The molecule has 0 aliphatic carbocycles. The molecule has 1 N–H and O–H groups in total. The van der Waals surface area contributed by atoms with Gasteiger partial charge in [-0.1, -0.05) is 29.5 Å². The van der Waals surface area contributed by atoms with Gasteiger partial charge in [0.1, 0.15) is 6.10 Å². The number of rotatable bonds is 3. The molecule has 0 bridgehead atoms. The highest BCUT2D eigenvalue weighted by Crippen LogP contribution is 2.24. The van der Waals surface area contributed by atoms with E-state index in [0.29, 0.717) is 11.4 Å². The molecule has 3 aromatic rings. The molecule has 2 aromatic carbocycles. The van der Waals surface area contributed by atoms with Crippen molar-refractivity contribution >= 4 is 0 Å². The monoisotopic (exact) mass is 287 g/mol. The van der Waals surface area contributed by atoms with E-state index in [4.69, 9.17) is 0 Å². The summed E-state index contributed by atoms with van der Waals surface area (Å²) in [6.07, 6.45) is 0.231. The Balaban J connectivity index is 2.01. The Morgan fingerprint density at radius 2 is 1.76 bits per heavy atom. The van der Waals surface area contributed by atoms with E-state index in [1.165, 1.54) is 16.9 Å². The Morgan fingerprint density at radius 1 is 1.00 bits per heavy atom. The molecule has 0 spiro atoms. The highest BCUT2D eigenvalue weighted by atomic mass is 19.2. The number of aromatic nitrogens is 3. The molecule has 0 saturated carbocycles. The number of nitrogens with zero attached hydrogens (tertiary/aromatic N) is 3. The SMILES string of the molecule is OC(c1ccc(F)c(F)c1)c1cnnn1-c1ccccc1. The molecule has 0 amide bonds. The van der Waals surface area contributed by atoms with Gasteiger partial charge in [-0.05, 0) is 29.8 Å². The van der Waals surface area contributed by atoms with Crippen LogP contribution in [0.5, 0.6) is 0 Å². The molecule has 1 unspecified atom stereocenters. The van der Waals surface area contributed by atoms with E-state index in [1.807, 2.05) is 18.2 Å². The average Bonchev–Trinajstić information content (AvgIpc) is 2.99. The van der Waals surface area contributed by atoms with Crippen LogP contribution in [0, 0.1) is 11.6 Å². The molecule has 21 heavy (non-hydrogen) atoms. The van der Waals surface area contributed by atoms with Crippen LogP contribution in [-0.4, -0.2) is 20.1 Å². The summed E-state index contributed by atoms with van der Waals surface area (Å²) < 4.78 is 27.7. The van der Waals surface area contributed by atoms with E-state index in [-0.39, 0.29) is 5.56 Å². The molecule has 0 aliphatic rings. The van der Waals surface area contributed by atoms with E-state index >= 15 is 0 Å². The average molecular weight is 287 g/mol. The third-order valence-corrected chi connectivity index (χ3v) is 3.12. The summed E-state index contributed by atoms with van der Waals surface area (Å²) in [5, 5.41) is 18.0. The zero-order valence-electron chi connectivity index (χ0n) is 10.8. The van der Waals surface area contributed by atoms with Gasteiger partial charge in [0.2, 0.25) is 0 Å². The van der Waals surface area contributed by atoms with Gasteiger partial charge < -0.3 is 5.11 Å². The van der Waals surface area contributed by atoms with Crippen LogP contribution in [0.3, 0.4) is 0 Å². The van der Waals surface area contributed by atoms with Crippen LogP contribution >= 0.6 is 0 Å². The van der Waals surface area contributed by atoms with E-state index in [1.54, 1.807) is 12.1 Å². The van der Waals surface area contributed by atoms with E-state index < -0.39 is 17.7 Å². The van der Waals surface area contributed by atoms with Crippen molar-refractivity contribution in [1.29, 1.82) is 0 Å². The van der Waals surface area contributed by atoms with Crippen molar-refractivity contribution in [1.82, 2.24) is 15.0 Å². The third-order valence-electron chi connectivity index (χ3n) is 3.12. The maximum Gasteiger partial charge on any atom is 0.159 e. The smallest absolute Gasteiger partial charge is 0.159 e. The Bertz CT molecular complexity index is 759. The Hall–Kier alpha value is -2.60. The Morgan fingerprint density at radius 3 is 2.48 bits per heavy atom. The van der Waals surface area contributed by atoms with Crippen LogP contribution in [0.15, 0.2) is 54.7 Å². The maximum absolute atomic E-state index is 13.3. The fourth-order valence-corrected chi connectivity index (χ4v) is 2.05. The molecule has 3 rings (SSSR count). The lowest BCUT2D eigenvalue weighted by molar-refractivity contribution is 0.211. The normalized spacial score (nSPS) is 12.3. The first-order valence-electron chi connectivity index (χ1n) is 6.26. The van der Waals surface area contributed by atoms with Crippen molar-refractivity contribution in [3.8, 4) is 5.69 Å². The molecule has 1 heterocycles. The van der Waals surface area contributed by atoms with Gasteiger partial charge >= 0.3 is 0 Å². The van der Waals surface area contributed by atoms with Crippen molar-refractivity contribution in [3.05, 3.63) is 77.6 Å². The zero-order valence-corrected chi connectivity index (χ0v) is 10.8. The first-order valence-corrected chi connectivity index (χ1v) is 6.26. The van der Waals surface area contributed by atoms with Crippen molar-refractivity contribution in [2.45, 2.75) is 6.10 Å². The fraction of sp³-hybridized carbons (Fsp3) is 0.0667. The second-order valence-corrected chi connectivity index (χ2v) is 4.48. The molecule has 4 nitrogen and oxygen atoms in total. The summed E-state index contributed by atoms with van der Waals surface area (Å²) >= 11 is 0. The predicted octanol–water partition coefficient (Wildman–Crippen LogP) is 2.63. The van der Waals surface area contributed by atoms with Crippen LogP contribution in [0.4, 0.5) is 8.78 Å². The van der Waals surface area contributed by atoms with E-state index in [2.05, 4.69) is 10.3 Å². The second-order valence-electron chi connectivity index (χ2n) is 4.48. The fourth-order valence-electron chi connectivity index (χ4n) is 2.05. The van der Waals surface area contributed by atoms with Crippen molar-refractivity contribution < 1.29 is 13.9 Å². The molecule has 1 atom stereocenters. The standard InChI is InChI=1S/C15H11F2N3O/c16-12-7-6-10(8-13(12)17)15(21)14-9-18-19-20(14)11-4-2-1-3-5-11/h1-9,15,21H. The first kappa shape index (κ1) is 13.4. The quantitative estimate of drug-likeness (QED) is 0.805. The second kappa shape index (κ2) is 5.41. The molecule has 106 valence electrons. The molecule has 0 fully saturated rings. The zero-order chi connectivity index (χ0) is 14.8. The van der Waals surface area contributed by atoms with Gasteiger partial charge in [-0.15, -0.1) is 5.10 Å². The Kier molecular flexibility index (Phi) is 3.45. The first-order chi connectivity index (χ1) is 10.2. The van der Waals surface area contributed by atoms with Gasteiger partial charge in [0, 0.05) is 0 Å². The van der Waals surface area contributed by atoms with Crippen molar-refractivity contribution in [3.63, 3.8) is 0 Å². The van der Waals surface area contributed by atoms with Gasteiger partial charge in [0.15, 0.2) is 11.6 Å². The summed E-state index contributed by atoms with van der Waals surface area (Å²) in [6, 6.07) is 12.4. The molecule has 0 saturated heterocycles. The highest BCUT2D eigenvalue weighted by molar-refractivity contribution is 5.34. The third kappa shape index (κ3) is 2.53. The number of para-hydroxylation sites is 1. The van der Waals surface area contributed by atoms with Gasteiger partial charge in [-0.25, -0.2) is 13.5 Å². The van der Waals surface area contributed by atoms with Crippen molar-refractivity contribution in [2.75, 3.05) is 0 Å². The highest BCUT2D eigenvalue weighted by Gasteiger charge is 2.18. The van der Waals surface area contributed by atoms with Gasteiger partial charge in [0.05, 0.1) is 17.6 Å². The molecule has 0 aliphatic heterocycles. The summed E-state index contributed by atoms with van der Waals surface area (Å²) in [7, 11) is 0.